The van der Waals surface area contributed by atoms with E-state index in [1.807, 2.05) is 6.07 Å². The number of nitro groups is 1. The smallest absolute Gasteiger partial charge is 0.339 e. The molecule has 0 fully saturated rings. The maximum atomic E-state index is 12.7. The summed E-state index contributed by atoms with van der Waals surface area (Å²) in [6.07, 6.45) is 1.35. The second kappa shape index (κ2) is 10.9. The number of ether oxygens (including phenoxy) is 1. The fraction of sp³-hybridized carbons (Fsp3) is 0.0476. The number of methoxy groups -OCH3 is 1. The predicted octanol–water partition coefficient (Wildman–Crippen LogP) is 4.50. The summed E-state index contributed by atoms with van der Waals surface area (Å²) in [6, 6.07) is 14.4. The molecule has 0 radical (unpaired) electrons. The van der Waals surface area contributed by atoms with Crippen molar-refractivity contribution in [3.05, 3.63) is 89.9 Å². The molecule has 176 valence electrons. The molecule has 0 aliphatic carbocycles. The van der Waals surface area contributed by atoms with Crippen molar-refractivity contribution in [2.45, 2.75) is 4.90 Å². The van der Waals surface area contributed by atoms with Crippen molar-refractivity contribution in [2.75, 3.05) is 7.11 Å². The van der Waals surface area contributed by atoms with Crippen molar-refractivity contribution in [2.24, 2.45) is 5.10 Å². The number of hydrogen-bond acceptors (Lipinski definition) is 8. The number of amides is 1. The third-order valence-corrected chi connectivity index (χ3v) is 6.71. The molecule has 0 bridgehead atoms. The lowest BCUT2D eigenvalue weighted by Crippen LogP contribution is -2.17. The first-order valence-electron chi connectivity index (χ1n) is 9.26. The van der Waals surface area contributed by atoms with Gasteiger partial charge in [-0.15, -0.1) is 0 Å². The van der Waals surface area contributed by atoms with E-state index in [9.17, 15) is 23.3 Å². The number of carbonyl (C=O) groups excluding carboxylic acids is 1. The van der Waals surface area contributed by atoms with E-state index in [-0.39, 0.29) is 20.9 Å². The van der Waals surface area contributed by atoms with Crippen LogP contribution in [-0.4, -0.2) is 32.6 Å². The van der Waals surface area contributed by atoms with Gasteiger partial charge in [0.2, 0.25) is 0 Å². The third-order valence-electron chi connectivity index (χ3n) is 4.23. The SMILES string of the molecule is COc1cc(/C=N\NC(=O)c2cccc(I)c2)cc(Br)c1OS(=O)(=O)c1cccc([N+](=O)[O-])c1. The summed E-state index contributed by atoms with van der Waals surface area (Å²) < 4.78 is 36.9. The third kappa shape index (κ3) is 6.30. The first kappa shape index (κ1) is 25.6. The maximum absolute atomic E-state index is 12.7. The normalized spacial score (nSPS) is 11.3. The fourth-order valence-corrected chi connectivity index (χ4v) is 4.85. The molecule has 3 aromatic carbocycles. The number of nitrogens with one attached hydrogen (secondary N) is 1. The van der Waals surface area contributed by atoms with Crippen molar-refractivity contribution >= 4 is 66.4 Å². The number of carbonyl (C=O) groups is 1. The number of hydrogen-bond donors (Lipinski definition) is 1. The second-order valence-electron chi connectivity index (χ2n) is 6.54. The lowest BCUT2D eigenvalue weighted by molar-refractivity contribution is -0.385. The molecule has 34 heavy (non-hydrogen) atoms. The molecule has 0 saturated heterocycles. The minimum atomic E-state index is -4.41. The van der Waals surface area contributed by atoms with Gasteiger partial charge in [0.15, 0.2) is 11.5 Å². The fourth-order valence-electron chi connectivity index (χ4n) is 2.67. The van der Waals surface area contributed by atoms with Crippen molar-refractivity contribution in [3.8, 4) is 11.5 Å². The van der Waals surface area contributed by atoms with Crippen LogP contribution in [0.3, 0.4) is 0 Å². The topological polar surface area (TPSA) is 137 Å². The van der Waals surface area contributed by atoms with Crippen LogP contribution in [0.4, 0.5) is 5.69 Å². The molecule has 0 saturated carbocycles. The van der Waals surface area contributed by atoms with Crippen LogP contribution < -0.4 is 14.3 Å². The second-order valence-corrected chi connectivity index (χ2v) is 10.2. The van der Waals surface area contributed by atoms with E-state index < -0.39 is 26.6 Å². The molecule has 1 N–H and O–H groups in total. The van der Waals surface area contributed by atoms with Gasteiger partial charge in [0.05, 0.1) is 22.7 Å². The standard InChI is InChI=1S/C21H15BrIN3O7S/c1-32-19-9-13(12-24-25-21(27)14-4-2-5-15(23)10-14)8-18(22)20(19)33-34(30,31)17-7-3-6-16(11-17)26(28)29/h2-12H,1H3,(H,25,27)/b24-12-. The first-order valence-corrected chi connectivity index (χ1v) is 12.5. The lowest BCUT2D eigenvalue weighted by atomic mass is 10.2. The quantitative estimate of drug-likeness (QED) is 0.124. The molecule has 1 amide bonds. The highest BCUT2D eigenvalue weighted by Crippen LogP contribution is 2.38. The Balaban J connectivity index is 1.82. The Hall–Kier alpha value is -3.04. The Kier molecular flexibility index (Phi) is 8.22. The lowest BCUT2D eigenvalue weighted by Gasteiger charge is -2.13. The van der Waals surface area contributed by atoms with E-state index in [1.54, 1.807) is 18.2 Å². The molecule has 3 aromatic rings. The van der Waals surface area contributed by atoms with Crippen molar-refractivity contribution in [3.63, 3.8) is 0 Å². The Morgan fingerprint density at radius 3 is 2.59 bits per heavy atom. The number of halogens is 2. The number of nitrogens with zero attached hydrogens (tertiary/aromatic N) is 2. The van der Waals surface area contributed by atoms with Crippen LogP contribution in [0.1, 0.15) is 15.9 Å². The summed E-state index contributed by atoms with van der Waals surface area (Å²) in [4.78, 5) is 22.1. The minimum Gasteiger partial charge on any atom is -0.493 e. The van der Waals surface area contributed by atoms with Crippen LogP contribution in [0.5, 0.6) is 11.5 Å². The summed E-state index contributed by atoms with van der Waals surface area (Å²) in [5.41, 5.74) is 2.92. The van der Waals surface area contributed by atoms with E-state index in [0.717, 1.165) is 9.64 Å². The monoisotopic (exact) mass is 659 g/mol. The number of nitro benzene ring substituents is 1. The van der Waals surface area contributed by atoms with Gasteiger partial charge >= 0.3 is 10.1 Å². The minimum absolute atomic E-state index is 0.0498. The average molecular weight is 660 g/mol. The number of benzene rings is 3. The molecular weight excluding hydrogens is 645 g/mol. The van der Waals surface area contributed by atoms with E-state index in [1.165, 1.54) is 43.7 Å². The van der Waals surface area contributed by atoms with Crippen LogP contribution in [-0.2, 0) is 10.1 Å². The summed E-state index contributed by atoms with van der Waals surface area (Å²) in [5, 5.41) is 14.9. The van der Waals surface area contributed by atoms with Crippen LogP contribution in [0.25, 0.3) is 0 Å². The zero-order chi connectivity index (χ0) is 24.9. The van der Waals surface area contributed by atoms with Crippen LogP contribution in [0, 0.1) is 13.7 Å². The Labute approximate surface area is 216 Å². The summed E-state index contributed by atoms with van der Waals surface area (Å²) in [6.45, 7) is 0. The number of non-ortho nitro benzene ring substituents is 1. The molecule has 0 atom stereocenters. The molecule has 13 heteroatoms. The van der Waals surface area contributed by atoms with E-state index >= 15 is 0 Å². The number of rotatable bonds is 8. The predicted molar refractivity (Wildman–Crippen MR) is 136 cm³/mol. The molecule has 10 nitrogen and oxygen atoms in total. The van der Waals surface area contributed by atoms with Crippen LogP contribution in [0.2, 0.25) is 0 Å². The van der Waals surface area contributed by atoms with Gasteiger partial charge in [0.1, 0.15) is 4.90 Å². The summed E-state index contributed by atoms with van der Waals surface area (Å²) >= 11 is 5.33. The highest BCUT2D eigenvalue weighted by atomic mass is 127. The van der Waals surface area contributed by atoms with Crippen molar-refractivity contribution < 1.29 is 27.1 Å². The average Bonchev–Trinajstić information content (AvgIpc) is 2.80. The molecule has 0 unspecified atom stereocenters. The van der Waals surface area contributed by atoms with Gasteiger partial charge in [-0.1, -0.05) is 12.1 Å². The molecule has 0 heterocycles. The van der Waals surface area contributed by atoms with Gasteiger partial charge in [-0.2, -0.15) is 13.5 Å². The van der Waals surface area contributed by atoms with Gasteiger partial charge in [0, 0.05) is 21.3 Å². The highest BCUT2D eigenvalue weighted by Gasteiger charge is 2.24. The maximum Gasteiger partial charge on any atom is 0.339 e. The number of hydrazone groups is 1. The summed E-state index contributed by atoms with van der Waals surface area (Å²) in [7, 11) is -3.09. The molecular formula is C21H15BrIN3O7S. The van der Waals surface area contributed by atoms with Gasteiger partial charge in [0.25, 0.3) is 11.6 Å². The van der Waals surface area contributed by atoms with Crippen LogP contribution in [0.15, 0.2) is 75.1 Å². The van der Waals surface area contributed by atoms with Crippen LogP contribution >= 0.6 is 38.5 Å². The Morgan fingerprint density at radius 2 is 1.91 bits per heavy atom. The first-order chi connectivity index (χ1) is 16.1. The van der Waals surface area contributed by atoms with E-state index in [4.69, 9.17) is 8.92 Å². The molecule has 0 aliphatic heterocycles. The Morgan fingerprint density at radius 1 is 1.18 bits per heavy atom. The van der Waals surface area contributed by atoms with E-state index in [2.05, 4.69) is 49.0 Å². The van der Waals surface area contributed by atoms with Gasteiger partial charge in [-0.05, 0) is 80.5 Å². The summed E-state index contributed by atoms with van der Waals surface area (Å²) in [5.74, 6) is -0.508. The molecule has 0 aromatic heterocycles. The van der Waals surface area contributed by atoms with Gasteiger partial charge in [-0.3, -0.25) is 14.9 Å². The Bertz CT molecular complexity index is 1400. The molecule has 0 spiro atoms. The van der Waals surface area contributed by atoms with Gasteiger partial charge < -0.3 is 8.92 Å². The molecule has 0 aliphatic rings. The van der Waals surface area contributed by atoms with E-state index in [0.29, 0.717) is 11.1 Å². The zero-order valence-electron chi connectivity index (χ0n) is 17.3. The van der Waals surface area contributed by atoms with Crippen molar-refractivity contribution in [1.82, 2.24) is 5.43 Å². The molecule has 3 rings (SSSR count). The highest BCUT2D eigenvalue weighted by molar-refractivity contribution is 14.1. The largest absolute Gasteiger partial charge is 0.493 e. The van der Waals surface area contributed by atoms with Crippen molar-refractivity contribution in [1.29, 1.82) is 0 Å². The zero-order valence-corrected chi connectivity index (χ0v) is 21.8. The van der Waals surface area contributed by atoms with Gasteiger partial charge in [-0.25, -0.2) is 5.43 Å².